The summed E-state index contributed by atoms with van der Waals surface area (Å²) in [6.07, 6.45) is 1.91. The first-order valence-electron chi connectivity index (χ1n) is 9.63. The second kappa shape index (κ2) is 8.75. The van der Waals surface area contributed by atoms with E-state index in [1.165, 1.54) is 23.9 Å². The number of hydrogen-bond donors (Lipinski definition) is 0. The van der Waals surface area contributed by atoms with E-state index in [1.807, 2.05) is 53.8 Å². The van der Waals surface area contributed by atoms with Gasteiger partial charge in [0.1, 0.15) is 18.2 Å². The Hall–Kier alpha value is -3.06. The molecular formula is C23H21FN2O3S. The number of para-hydroxylation sites is 1. The van der Waals surface area contributed by atoms with E-state index in [9.17, 15) is 9.18 Å². The number of halogens is 1. The van der Waals surface area contributed by atoms with Crippen molar-refractivity contribution in [3.63, 3.8) is 0 Å². The molecule has 2 aromatic carbocycles. The van der Waals surface area contributed by atoms with Gasteiger partial charge in [-0.05, 0) is 43.0 Å². The number of fused-ring (bicyclic) bond motifs is 1. The van der Waals surface area contributed by atoms with Crippen molar-refractivity contribution in [2.75, 3.05) is 6.61 Å². The van der Waals surface area contributed by atoms with Crippen molar-refractivity contribution in [1.82, 2.24) is 4.90 Å². The number of esters is 1. The van der Waals surface area contributed by atoms with E-state index in [4.69, 9.17) is 9.47 Å². The molecule has 2 aliphatic rings. The number of ether oxygens (including phenoxy) is 2. The van der Waals surface area contributed by atoms with E-state index in [0.717, 1.165) is 16.3 Å². The number of rotatable bonds is 6. The molecule has 2 aliphatic heterocycles. The molecule has 2 aromatic rings. The molecule has 4 rings (SSSR count). The van der Waals surface area contributed by atoms with Crippen LogP contribution in [-0.2, 0) is 16.1 Å². The molecule has 0 amide bonds. The zero-order valence-electron chi connectivity index (χ0n) is 16.7. The van der Waals surface area contributed by atoms with E-state index in [-0.39, 0.29) is 19.0 Å². The summed E-state index contributed by atoms with van der Waals surface area (Å²) in [6, 6.07) is 13.4. The molecule has 0 fully saturated rings. The van der Waals surface area contributed by atoms with Gasteiger partial charge < -0.3 is 14.4 Å². The van der Waals surface area contributed by atoms with Gasteiger partial charge in [0, 0.05) is 11.8 Å². The van der Waals surface area contributed by atoms with E-state index < -0.39 is 12.0 Å². The van der Waals surface area contributed by atoms with Crippen molar-refractivity contribution < 1.29 is 18.7 Å². The molecule has 0 saturated heterocycles. The van der Waals surface area contributed by atoms with Gasteiger partial charge in [0.15, 0.2) is 5.17 Å². The van der Waals surface area contributed by atoms with E-state index in [1.54, 1.807) is 13.0 Å². The Morgan fingerprint density at radius 2 is 2.07 bits per heavy atom. The third-order valence-corrected chi connectivity index (χ3v) is 5.58. The number of carbonyl (C=O) groups excluding carboxylic acids is 1. The highest BCUT2D eigenvalue weighted by Crippen LogP contribution is 2.43. The fraction of sp³-hybridized carbons (Fsp3) is 0.217. The Kier molecular flexibility index (Phi) is 5.90. The third kappa shape index (κ3) is 3.98. The smallest absolute Gasteiger partial charge is 0.338 e. The molecule has 0 spiro atoms. The summed E-state index contributed by atoms with van der Waals surface area (Å²) in [6.45, 7) is 4.09. The molecule has 1 unspecified atom stereocenters. The van der Waals surface area contributed by atoms with Crippen molar-refractivity contribution in [2.24, 2.45) is 4.99 Å². The maximum Gasteiger partial charge on any atom is 0.338 e. The molecule has 2 heterocycles. The molecule has 0 N–H and O–H groups in total. The number of carbonyl (C=O) groups is 1. The lowest BCUT2D eigenvalue weighted by Crippen LogP contribution is -2.34. The summed E-state index contributed by atoms with van der Waals surface area (Å²) in [4.78, 5) is 19.3. The topological polar surface area (TPSA) is 51.1 Å². The third-order valence-electron chi connectivity index (χ3n) is 4.81. The molecule has 0 aromatic heterocycles. The highest BCUT2D eigenvalue weighted by Gasteiger charge is 2.38. The number of benzene rings is 2. The predicted molar refractivity (Wildman–Crippen MR) is 115 cm³/mol. The number of thioether (sulfide) groups is 1. The number of amidine groups is 1. The Morgan fingerprint density at radius 1 is 1.23 bits per heavy atom. The number of nitrogens with zero attached hydrogens (tertiary/aromatic N) is 2. The summed E-state index contributed by atoms with van der Waals surface area (Å²) in [5.41, 5.74) is 2.65. The Labute approximate surface area is 178 Å². The second-order valence-electron chi connectivity index (χ2n) is 6.78. The predicted octanol–water partition coefficient (Wildman–Crippen LogP) is 5.17. The summed E-state index contributed by atoms with van der Waals surface area (Å²) in [7, 11) is 0. The average molecular weight is 424 g/mol. The quantitative estimate of drug-likeness (QED) is 0.599. The molecule has 154 valence electrons. The van der Waals surface area contributed by atoms with Gasteiger partial charge in [0.05, 0.1) is 23.9 Å². The molecule has 0 bridgehead atoms. The number of allylic oxidation sites excluding steroid dienone is 1. The zero-order chi connectivity index (χ0) is 21.1. The molecule has 0 radical (unpaired) electrons. The zero-order valence-corrected chi connectivity index (χ0v) is 17.5. The Morgan fingerprint density at radius 3 is 2.87 bits per heavy atom. The Balaban J connectivity index is 1.71. The van der Waals surface area contributed by atoms with Gasteiger partial charge in [-0.2, -0.15) is 0 Å². The van der Waals surface area contributed by atoms with Crippen LogP contribution in [0.5, 0.6) is 5.75 Å². The standard InChI is InChI=1S/C23H21FN2O3S/c1-3-28-22(27)20-15(2)25-23-26(11-12-30-23)21(20)18-9-4-5-10-19(18)29-14-16-7-6-8-17(24)13-16/h4-13,21H,3,14H2,1-2H3. The van der Waals surface area contributed by atoms with Crippen LogP contribution in [-0.4, -0.2) is 22.6 Å². The van der Waals surface area contributed by atoms with Gasteiger partial charge in [0.25, 0.3) is 0 Å². The van der Waals surface area contributed by atoms with Crippen LogP contribution >= 0.6 is 11.8 Å². The first-order chi connectivity index (χ1) is 14.6. The second-order valence-corrected chi connectivity index (χ2v) is 7.66. The maximum absolute atomic E-state index is 13.5. The molecule has 7 heteroatoms. The average Bonchev–Trinajstić information content (AvgIpc) is 3.20. The summed E-state index contributed by atoms with van der Waals surface area (Å²) in [5, 5.41) is 2.73. The van der Waals surface area contributed by atoms with E-state index >= 15 is 0 Å². The first-order valence-corrected chi connectivity index (χ1v) is 10.5. The van der Waals surface area contributed by atoms with Crippen LogP contribution in [0, 0.1) is 5.82 Å². The van der Waals surface area contributed by atoms with Crippen LogP contribution in [0.4, 0.5) is 4.39 Å². The van der Waals surface area contributed by atoms with Gasteiger partial charge in [-0.3, -0.25) is 0 Å². The summed E-state index contributed by atoms with van der Waals surface area (Å²) in [5.74, 6) is -0.0825. The van der Waals surface area contributed by atoms with Gasteiger partial charge >= 0.3 is 5.97 Å². The van der Waals surface area contributed by atoms with Crippen molar-refractivity contribution in [3.05, 3.63) is 88.4 Å². The van der Waals surface area contributed by atoms with Crippen molar-refractivity contribution in [3.8, 4) is 5.75 Å². The minimum absolute atomic E-state index is 0.213. The molecule has 5 nitrogen and oxygen atoms in total. The lowest BCUT2D eigenvalue weighted by molar-refractivity contribution is -0.139. The summed E-state index contributed by atoms with van der Waals surface area (Å²) < 4.78 is 24.9. The molecular weight excluding hydrogens is 403 g/mol. The van der Waals surface area contributed by atoms with Crippen LogP contribution in [0.2, 0.25) is 0 Å². The molecule has 30 heavy (non-hydrogen) atoms. The summed E-state index contributed by atoms with van der Waals surface area (Å²) >= 11 is 1.50. The maximum atomic E-state index is 13.5. The van der Waals surface area contributed by atoms with Crippen LogP contribution in [0.25, 0.3) is 0 Å². The highest BCUT2D eigenvalue weighted by molar-refractivity contribution is 8.16. The van der Waals surface area contributed by atoms with Crippen LogP contribution < -0.4 is 4.74 Å². The van der Waals surface area contributed by atoms with E-state index in [0.29, 0.717) is 17.0 Å². The lowest BCUT2D eigenvalue weighted by Gasteiger charge is -2.34. The fourth-order valence-corrected chi connectivity index (χ4v) is 4.29. The normalized spacial score (nSPS) is 17.6. The van der Waals surface area contributed by atoms with Gasteiger partial charge in [0.2, 0.25) is 0 Å². The largest absolute Gasteiger partial charge is 0.489 e. The van der Waals surface area contributed by atoms with Gasteiger partial charge in [-0.1, -0.05) is 42.1 Å². The van der Waals surface area contributed by atoms with Crippen molar-refractivity contribution in [2.45, 2.75) is 26.5 Å². The SMILES string of the molecule is CCOC(=O)C1=C(C)N=C2SC=CN2C1c1ccccc1OCc1cccc(F)c1. The number of hydrogen-bond acceptors (Lipinski definition) is 6. The van der Waals surface area contributed by atoms with E-state index in [2.05, 4.69) is 4.99 Å². The minimum Gasteiger partial charge on any atom is -0.489 e. The van der Waals surface area contributed by atoms with Crippen molar-refractivity contribution in [1.29, 1.82) is 0 Å². The van der Waals surface area contributed by atoms with Gasteiger partial charge in [-0.25, -0.2) is 14.2 Å². The van der Waals surface area contributed by atoms with Crippen LogP contribution in [0.3, 0.4) is 0 Å². The fourth-order valence-electron chi connectivity index (χ4n) is 3.50. The monoisotopic (exact) mass is 424 g/mol. The first kappa shape index (κ1) is 20.2. The lowest BCUT2D eigenvalue weighted by atomic mass is 9.94. The Bertz CT molecular complexity index is 1060. The molecule has 0 saturated carbocycles. The molecule has 1 atom stereocenters. The van der Waals surface area contributed by atoms with Crippen LogP contribution in [0.1, 0.15) is 31.0 Å². The van der Waals surface area contributed by atoms with Crippen LogP contribution in [0.15, 0.2) is 76.4 Å². The highest BCUT2D eigenvalue weighted by atomic mass is 32.2. The molecule has 0 aliphatic carbocycles. The number of aliphatic imine (C=N–C) groups is 1. The minimum atomic E-state index is -0.425. The van der Waals surface area contributed by atoms with Crippen molar-refractivity contribution >= 4 is 22.9 Å². The van der Waals surface area contributed by atoms with Gasteiger partial charge in [-0.15, -0.1) is 0 Å².